The SMILES string of the molecule is C[C@@H]1N[C@H](C(=O)NC2CCCCC2)Cc2c1[nH]c1ccccc21. The highest BCUT2D eigenvalue weighted by atomic mass is 16.2. The predicted molar refractivity (Wildman–Crippen MR) is 92.4 cm³/mol. The first kappa shape index (κ1) is 14.8. The maximum absolute atomic E-state index is 12.7. The highest BCUT2D eigenvalue weighted by Crippen LogP contribution is 2.31. The Kier molecular flexibility index (Phi) is 3.85. The molecular weight excluding hydrogens is 286 g/mol. The van der Waals surface area contributed by atoms with Crippen molar-refractivity contribution in [1.29, 1.82) is 0 Å². The second-order valence-electron chi connectivity index (χ2n) is 7.05. The number of hydrogen-bond donors (Lipinski definition) is 3. The van der Waals surface area contributed by atoms with E-state index in [9.17, 15) is 4.79 Å². The van der Waals surface area contributed by atoms with E-state index < -0.39 is 0 Å². The average Bonchev–Trinajstić information content (AvgIpc) is 2.95. The molecule has 1 aromatic heterocycles. The lowest BCUT2D eigenvalue weighted by molar-refractivity contribution is -0.124. The fourth-order valence-electron chi connectivity index (χ4n) is 4.18. The Balaban J connectivity index is 1.54. The molecule has 1 amide bonds. The molecule has 1 saturated carbocycles. The Hall–Kier alpha value is -1.81. The summed E-state index contributed by atoms with van der Waals surface area (Å²) in [7, 11) is 0. The molecule has 0 saturated heterocycles. The molecule has 23 heavy (non-hydrogen) atoms. The molecule has 0 spiro atoms. The van der Waals surface area contributed by atoms with Gasteiger partial charge in [0.25, 0.3) is 0 Å². The molecule has 2 heterocycles. The number of carbonyl (C=O) groups excluding carboxylic acids is 1. The van der Waals surface area contributed by atoms with E-state index in [2.05, 4.69) is 46.8 Å². The summed E-state index contributed by atoms with van der Waals surface area (Å²) >= 11 is 0. The van der Waals surface area contributed by atoms with Crippen molar-refractivity contribution in [2.24, 2.45) is 0 Å². The Morgan fingerprint density at radius 2 is 1.96 bits per heavy atom. The van der Waals surface area contributed by atoms with Crippen LogP contribution in [0.4, 0.5) is 0 Å². The third-order valence-corrected chi connectivity index (χ3v) is 5.41. The van der Waals surface area contributed by atoms with Gasteiger partial charge in [-0.25, -0.2) is 0 Å². The topological polar surface area (TPSA) is 56.9 Å². The minimum absolute atomic E-state index is 0.126. The number of aromatic nitrogens is 1. The van der Waals surface area contributed by atoms with Crippen molar-refractivity contribution in [2.75, 3.05) is 0 Å². The lowest BCUT2D eigenvalue weighted by Gasteiger charge is -2.31. The molecule has 2 aliphatic rings. The summed E-state index contributed by atoms with van der Waals surface area (Å²) in [6.45, 7) is 2.13. The van der Waals surface area contributed by atoms with Gasteiger partial charge in [0, 0.05) is 28.7 Å². The van der Waals surface area contributed by atoms with Crippen LogP contribution in [0.15, 0.2) is 24.3 Å². The summed E-state index contributed by atoms with van der Waals surface area (Å²) in [6.07, 6.45) is 6.82. The van der Waals surface area contributed by atoms with Gasteiger partial charge in [-0.15, -0.1) is 0 Å². The number of para-hydroxylation sites is 1. The normalized spacial score (nSPS) is 25.3. The Morgan fingerprint density at radius 1 is 1.17 bits per heavy atom. The minimum atomic E-state index is -0.126. The molecule has 0 radical (unpaired) electrons. The molecule has 4 nitrogen and oxygen atoms in total. The summed E-state index contributed by atoms with van der Waals surface area (Å²) in [5.74, 6) is 0.166. The van der Waals surface area contributed by atoms with Gasteiger partial charge in [0.05, 0.1) is 6.04 Å². The summed E-state index contributed by atoms with van der Waals surface area (Å²) in [6, 6.07) is 8.80. The van der Waals surface area contributed by atoms with Crippen molar-refractivity contribution < 1.29 is 4.79 Å². The van der Waals surface area contributed by atoms with Crippen molar-refractivity contribution in [2.45, 2.75) is 63.6 Å². The maximum atomic E-state index is 12.7. The van der Waals surface area contributed by atoms with E-state index in [1.165, 1.54) is 41.4 Å². The second-order valence-corrected chi connectivity index (χ2v) is 7.05. The third-order valence-electron chi connectivity index (χ3n) is 5.41. The van der Waals surface area contributed by atoms with Crippen LogP contribution < -0.4 is 10.6 Å². The number of benzene rings is 1. The van der Waals surface area contributed by atoms with Crippen LogP contribution in [0.25, 0.3) is 10.9 Å². The molecule has 122 valence electrons. The highest BCUT2D eigenvalue weighted by molar-refractivity contribution is 5.88. The molecule has 2 atom stereocenters. The summed E-state index contributed by atoms with van der Waals surface area (Å²) in [5, 5.41) is 8.00. The van der Waals surface area contributed by atoms with E-state index in [-0.39, 0.29) is 18.0 Å². The molecule has 4 rings (SSSR count). The summed E-state index contributed by atoms with van der Waals surface area (Å²) < 4.78 is 0. The van der Waals surface area contributed by atoms with E-state index in [0.29, 0.717) is 6.04 Å². The quantitative estimate of drug-likeness (QED) is 0.798. The number of H-pyrrole nitrogens is 1. The molecule has 1 fully saturated rings. The molecule has 0 unspecified atom stereocenters. The standard InChI is InChI=1S/C19H25N3O/c1-12-18-15(14-9-5-6-10-16(14)22-18)11-17(20-12)19(23)21-13-7-3-2-4-8-13/h5-6,9-10,12-13,17,20,22H,2-4,7-8,11H2,1H3,(H,21,23)/t12-,17-/m0/s1. The van der Waals surface area contributed by atoms with Crippen LogP contribution >= 0.6 is 0 Å². The van der Waals surface area contributed by atoms with Gasteiger partial charge in [0.2, 0.25) is 5.91 Å². The van der Waals surface area contributed by atoms with E-state index >= 15 is 0 Å². The van der Waals surface area contributed by atoms with Crippen LogP contribution in [0.3, 0.4) is 0 Å². The molecule has 1 aromatic carbocycles. The summed E-state index contributed by atoms with van der Waals surface area (Å²) in [4.78, 5) is 16.2. The van der Waals surface area contributed by atoms with Crippen molar-refractivity contribution >= 4 is 16.8 Å². The lowest BCUT2D eigenvalue weighted by atomic mass is 9.92. The van der Waals surface area contributed by atoms with Gasteiger partial charge in [0.1, 0.15) is 0 Å². The third kappa shape index (κ3) is 2.76. The van der Waals surface area contributed by atoms with Crippen molar-refractivity contribution in [3.05, 3.63) is 35.5 Å². The van der Waals surface area contributed by atoms with Gasteiger partial charge < -0.3 is 10.3 Å². The van der Waals surface area contributed by atoms with E-state index in [4.69, 9.17) is 0 Å². The Labute approximate surface area is 137 Å². The number of nitrogens with one attached hydrogen (secondary N) is 3. The van der Waals surface area contributed by atoms with Crippen molar-refractivity contribution in [1.82, 2.24) is 15.6 Å². The van der Waals surface area contributed by atoms with E-state index in [1.54, 1.807) is 0 Å². The Bertz CT molecular complexity index is 714. The van der Waals surface area contributed by atoms with Gasteiger partial charge >= 0.3 is 0 Å². The molecule has 0 bridgehead atoms. The maximum Gasteiger partial charge on any atom is 0.237 e. The molecular formula is C19H25N3O. The van der Waals surface area contributed by atoms with Crippen LogP contribution in [-0.2, 0) is 11.2 Å². The van der Waals surface area contributed by atoms with Gasteiger partial charge in [-0.2, -0.15) is 0 Å². The minimum Gasteiger partial charge on any atom is -0.357 e. The van der Waals surface area contributed by atoms with Crippen LogP contribution in [0, 0.1) is 0 Å². The fraction of sp³-hybridized carbons (Fsp3) is 0.526. The fourth-order valence-corrected chi connectivity index (χ4v) is 4.18. The first-order valence-corrected chi connectivity index (χ1v) is 8.88. The number of fused-ring (bicyclic) bond motifs is 3. The van der Waals surface area contributed by atoms with Gasteiger partial charge in [-0.3, -0.25) is 10.1 Å². The second kappa shape index (κ2) is 6.00. The van der Waals surface area contributed by atoms with Crippen LogP contribution in [0.1, 0.15) is 56.3 Å². The van der Waals surface area contributed by atoms with Crippen molar-refractivity contribution in [3.8, 4) is 0 Å². The number of hydrogen-bond acceptors (Lipinski definition) is 2. The highest BCUT2D eigenvalue weighted by Gasteiger charge is 2.31. The zero-order valence-electron chi connectivity index (χ0n) is 13.7. The predicted octanol–water partition coefficient (Wildman–Crippen LogP) is 3.19. The largest absolute Gasteiger partial charge is 0.357 e. The number of rotatable bonds is 2. The monoisotopic (exact) mass is 311 g/mol. The van der Waals surface area contributed by atoms with Crippen molar-refractivity contribution in [3.63, 3.8) is 0 Å². The van der Waals surface area contributed by atoms with Gasteiger partial charge in [0.15, 0.2) is 0 Å². The van der Waals surface area contributed by atoms with E-state index in [0.717, 1.165) is 19.3 Å². The first-order chi connectivity index (χ1) is 11.2. The van der Waals surface area contributed by atoms with Gasteiger partial charge in [-0.1, -0.05) is 37.5 Å². The average molecular weight is 311 g/mol. The molecule has 1 aliphatic heterocycles. The molecule has 3 N–H and O–H groups in total. The molecule has 2 aromatic rings. The summed E-state index contributed by atoms with van der Waals surface area (Å²) in [5.41, 5.74) is 3.70. The van der Waals surface area contributed by atoms with Crippen LogP contribution in [0.5, 0.6) is 0 Å². The number of amides is 1. The smallest absolute Gasteiger partial charge is 0.237 e. The van der Waals surface area contributed by atoms with Gasteiger partial charge in [-0.05, 0) is 37.8 Å². The lowest BCUT2D eigenvalue weighted by Crippen LogP contribution is -2.51. The Morgan fingerprint density at radius 3 is 2.78 bits per heavy atom. The first-order valence-electron chi connectivity index (χ1n) is 8.88. The van der Waals surface area contributed by atoms with Crippen LogP contribution in [-0.4, -0.2) is 23.0 Å². The molecule has 4 heteroatoms. The molecule has 1 aliphatic carbocycles. The van der Waals surface area contributed by atoms with E-state index in [1.807, 2.05) is 0 Å². The zero-order valence-corrected chi connectivity index (χ0v) is 13.7. The number of aromatic amines is 1. The van der Waals surface area contributed by atoms with Crippen LogP contribution in [0.2, 0.25) is 0 Å². The zero-order chi connectivity index (χ0) is 15.8. The number of carbonyl (C=O) groups is 1.